The number of carbonyl (C=O) groups is 1. The quantitative estimate of drug-likeness (QED) is 0.710. The van der Waals surface area contributed by atoms with Crippen LogP contribution in [0.15, 0.2) is 36.5 Å². The molecule has 0 N–H and O–H groups in total. The summed E-state index contributed by atoms with van der Waals surface area (Å²) in [6, 6.07) is 8.08. The number of morpholine rings is 1. The van der Waals surface area contributed by atoms with E-state index in [1.807, 2.05) is 20.0 Å². The Kier molecular flexibility index (Phi) is 4.16. The first kappa shape index (κ1) is 16.7. The third-order valence-corrected chi connectivity index (χ3v) is 4.68. The van der Waals surface area contributed by atoms with Crippen molar-refractivity contribution >= 4 is 16.8 Å². The first-order valence-electron chi connectivity index (χ1n) is 8.48. The molecule has 1 saturated heterocycles. The van der Waals surface area contributed by atoms with Crippen molar-refractivity contribution in [2.45, 2.75) is 13.0 Å². The van der Waals surface area contributed by atoms with Gasteiger partial charge in [0.2, 0.25) is 0 Å². The predicted molar refractivity (Wildman–Crippen MR) is 94.2 cm³/mol. The number of halogens is 1. The Labute approximate surface area is 150 Å². The van der Waals surface area contributed by atoms with E-state index in [0.717, 1.165) is 11.2 Å². The monoisotopic (exact) mass is 354 g/mol. The van der Waals surface area contributed by atoms with E-state index in [4.69, 9.17) is 4.74 Å². The van der Waals surface area contributed by atoms with Crippen LogP contribution in [0, 0.1) is 12.7 Å². The fourth-order valence-corrected chi connectivity index (χ4v) is 3.30. The van der Waals surface area contributed by atoms with Gasteiger partial charge in [0.05, 0.1) is 13.2 Å². The predicted octanol–water partition coefficient (Wildman–Crippen LogP) is 2.63. The Morgan fingerprint density at radius 2 is 2.15 bits per heavy atom. The van der Waals surface area contributed by atoms with Crippen molar-refractivity contribution in [3.05, 3.63) is 59.6 Å². The number of aryl methyl sites for hydroxylation is 2. The molecule has 4 rings (SSSR count). The molecular weight excluding hydrogens is 335 g/mol. The van der Waals surface area contributed by atoms with Crippen molar-refractivity contribution in [1.29, 1.82) is 0 Å². The highest BCUT2D eigenvalue weighted by Gasteiger charge is 2.29. The number of ether oxygens (including phenoxy) is 1. The fraction of sp³-hybridized carbons (Fsp3) is 0.316. The first-order valence-corrected chi connectivity index (χ1v) is 8.48. The lowest BCUT2D eigenvalue weighted by atomic mass is 10.2. The number of aromatic nitrogens is 3. The topological polar surface area (TPSA) is 60.2 Å². The molecule has 1 aliphatic rings. The van der Waals surface area contributed by atoms with Gasteiger partial charge in [-0.05, 0) is 37.3 Å². The molecule has 134 valence electrons. The van der Waals surface area contributed by atoms with Crippen LogP contribution >= 0.6 is 0 Å². The molecular formula is C19H19FN4O2. The van der Waals surface area contributed by atoms with Crippen molar-refractivity contribution in [2.24, 2.45) is 7.05 Å². The average Bonchev–Trinajstić information content (AvgIpc) is 2.97. The van der Waals surface area contributed by atoms with Crippen molar-refractivity contribution in [1.82, 2.24) is 19.4 Å². The SMILES string of the molecule is Cc1ccnc([C@@H]2CN(C(=O)c3cc4cc(F)ccc4n3C)CCO2)n1. The molecule has 0 saturated carbocycles. The van der Waals surface area contributed by atoms with Crippen molar-refractivity contribution in [2.75, 3.05) is 19.7 Å². The zero-order valence-corrected chi connectivity index (χ0v) is 14.6. The maximum absolute atomic E-state index is 13.5. The lowest BCUT2D eigenvalue weighted by molar-refractivity contribution is -0.0271. The molecule has 2 aromatic heterocycles. The maximum atomic E-state index is 13.5. The van der Waals surface area contributed by atoms with Gasteiger partial charge in [0, 0.05) is 36.4 Å². The summed E-state index contributed by atoms with van der Waals surface area (Å²) in [5, 5.41) is 0.711. The van der Waals surface area contributed by atoms with Gasteiger partial charge in [-0.2, -0.15) is 0 Å². The zero-order valence-electron chi connectivity index (χ0n) is 14.6. The largest absolute Gasteiger partial charge is 0.367 e. The first-order chi connectivity index (χ1) is 12.5. The second kappa shape index (κ2) is 6.49. The average molecular weight is 354 g/mol. The Morgan fingerprint density at radius 1 is 1.31 bits per heavy atom. The number of fused-ring (bicyclic) bond motifs is 1. The summed E-state index contributed by atoms with van der Waals surface area (Å²) in [6.45, 7) is 3.20. The van der Waals surface area contributed by atoms with Crippen LogP contribution < -0.4 is 0 Å². The lowest BCUT2D eigenvalue weighted by Crippen LogP contribution is -2.43. The molecule has 1 amide bonds. The summed E-state index contributed by atoms with van der Waals surface area (Å²) in [5.41, 5.74) is 2.20. The van der Waals surface area contributed by atoms with E-state index >= 15 is 0 Å². The molecule has 3 heterocycles. The van der Waals surface area contributed by atoms with Crippen LogP contribution in [-0.4, -0.2) is 45.0 Å². The van der Waals surface area contributed by atoms with Gasteiger partial charge in [-0.3, -0.25) is 4.79 Å². The van der Waals surface area contributed by atoms with Crippen LogP contribution in [-0.2, 0) is 11.8 Å². The normalized spacial score (nSPS) is 17.7. The number of hydrogen-bond donors (Lipinski definition) is 0. The van der Waals surface area contributed by atoms with Crippen molar-refractivity contribution in [3.63, 3.8) is 0 Å². The minimum absolute atomic E-state index is 0.106. The van der Waals surface area contributed by atoms with Crippen LogP contribution in [0.5, 0.6) is 0 Å². The zero-order chi connectivity index (χ0) is 18.3. The molecule has 7 heteroatoms. The molecule has 1 fully saturated rings. The van der Waals surface area contributed by atoms with Gasteiger partial charge in [-0.1, -0.05) is 0 Å². The Balaban J connectivity index is 1.61. The van der Waals surface area contributed by atoms with Gasteiger partial charge < -0.3 is 14.2 Å². The summed E-state index contributed by atoms with van der Waals surface area (Å²) in [7, 11) is 1.81. The number of carbonyl (C=O) groups excluding carboxylic acids is 1. The highest BCUT2D eigenvalue weighted by molar-refractivity contribution is 5.98. The second-order valence-electron chi connectivity index (χ2n) is 6.46. The standard InChI is InChI=1S/C19H19FN4O2/c1-12-5-6-21-18(22-12)17-11-24(7-8-26-17)19(25)16-10-13-9-14(20)3-4-15(13)23(16)2/h3-6,9-10,17H,7-8,11H2,1-2H3/t17-/m0/s1. The molecule has 0 spiro atoms. The highest BCUT2D eigenvalue weighted by Crippen LogP contribution is 2.24. The maximum Gasteiger partial charge on any atom is 0.270 e. The minimum atomic E-state index is -0.347. The number of nitrogens with zero attached hydrogens (tertiary/aromatic N) is 4. The summed E-state index contributed by atoms with van der Waals surface area (Å²) >= 11 is 0. The Morgan fingerprint density at radius 3 is 2.96 bits per heavy atom. The smallest absolute Gasteiger partial charge is 0.270 e. The number of hydrogen-bond acceptors (Lipinski definition) is 4. The van der Waals surface area contributed by atoms with Crippen LogP contribution in [0.3, 0.4) is 0 Å². The molecule has 26 heavy (non-hydrogen) atoms. The number of benzene rings is 1. The van der Waals surface area contributed by atoms with E-state index in [2.05, 4.69) is 9.97 Å². The van der Waals surface area contributed by atoms with Crippen molar-refractivity contribution < 1.29 is 13.9 Å². The Bertz CT molecular complexity index is 985. The fourth-order valence-electron chi connectivity index (χ4n) is 3.30. The van der Waals surface area contributed by atoms with Gasteiger partial charge >= 0.3 is 0 Å². The summed E-state index contributed by atoms with van der Waals surface area (Å²) in [5.74, 6) is 0.164. The van der Waals surface area contributed by atoms with Crippen molar-refractivity contribution in [3.8, 4) is 0 Å². The van der Waals surface area contributed by atoms with Gasteiger partial charge in [0.25, 0.3) is 5.91 Å². The molecule has 1 atom stereocenters. The highest BCUT2D eigenvalue weighted by atomic mass is 19.1. The molecule has 0 radical (unpaired) electrons. The number of amides is 1. The summed E-state index contributed by atoms with van der Waals surface area (Å²) < 4.78 is 21.0. The van der Waals surface area contributed by atoms with E-state index in [1.54, 1.807) is 27.8 Å². The van der Waals surface area contributed by atoms with Gasteiger partial charge in [0.15, 0.2) is 5.82 Å². The second-order valence-corrected chi connectivity index (χ2v) is 6.46. The van der Waals surface area contributed by atoms with E-state index in [9.17, 15) is 9.18 Å². The van der Waals surface area contributed by atoms with E-state index in [-0.39, 0.29) is 17.8 Å². The molecule has 1 aliphatic heterocycles. The molecule has 1 aromatic carbocycles. The van der Waals surface area contributed by atoms with E-state index in [1.165, 1.54) is 12.1 Å². The molecule has 0 unspecified atom stereocenters. The van der Waals surface area contributed by atoms with Crippen LogP contribution in [0.1, 0.15) is 28.1 Å². The molecule has 0 bridgehead atoms. The van der Waals surface area contributed by atoms with Crippen LogP contribution in [0.2, 0.25) is 0 Å². The van der Waals surface area contributed by atoms with E-state index < -0.39 is 0 Å². The van der Waals surface area contributed by atoms with Crippen LogP contribution in [0.25, 0.3) is 10.9 Å². The molecule has 6 nitrogen and oxygen atoms in total. The van der Waals surface area contributed by atoms with Gasteiger partial charge in [-0.15, -0.1) is 0 Å². The van der Waals surface area contributed by atoms with Gasteiger partial charge in [-0.25, -0.2) is 14.4 Å². The molecule has 0 aliphatic carbocycles. The Hall–Kier alpha value is -2.80. The lowest BCUT2D eigenvalue weighted by Gasteiger charge is -2.32. The number of rotatable bonds is 2. The third kappa shape index (κ3) is 2.94. The van der Waals surface area contributed by atoms with Crippen LogP contribution in [0.4, 0.5) is 4.39 Å². The van der Waals surface area contributed by atoms with E-state index in [0.29, 0.717) is 36.6 Å². The van der Waals surface area contributed by atoms with Gasteiger partial charge in [0.1, 0.15) is 17.6 Å². The summed E-state index contributed by atoms with van der Waals surface area (Å²) in [6.07, 6.45) is 1.35. The third-order valence-electron chi connectivity index (χ3n) is 4.68. The minimum Gasteiger partial charge on any atom is -0.367 e. The molecule has 3 aromatic rings. The summed E-state index contributed by atoms with van der Waals surface area (Å²) in [4.78, 5) is 23.4.